The number of halogens is 1. The van der Waals surface area contributed by atoms with Gasteiger partial charge in [0, 0.05) is 0 Å². The Morgan fingerprint density at radius 2 is 2.22 bits per heavy atom. The van der Waals surface area contributed by atoms with Gasteiger partial charge in [0.05, 0.1) is 21.2 Å². The average Bonchev–Trinajstić information content (AvgIpc) is 3.20. The maximum absolute atomic E-state index is 12.1. The molecular formula is C15H12ClN3O3S. The Hall–Kier alpha value is -2.38. The van der Waals surface area contributed by atoms with Crippen LogP contribution in [0.4, 0.5) is 5.69 Å². The Bertz CT molecular complexity index is 832. The highest BCUT2D eigenvalue weighted by Crippen LogP contribution is 2.26. The first-order valence-electron chi connectivity index (χ1n) is 6.68. The second-order valence-corrected chi connectivity index (χ2v) is 6.06. The molecule has 0 saturated heterocycles. The zero-order chi connectivity index (χ0) is 16.4. The highest BCUT2D eigenvalue weighted by Gasteiger charge is 2.20. The molecule has 2 N–H and O–H groups in total. The van der Waals surface area contributed by atoms with Crippen LogP contribution in [-0.4, -0.2) is 16.2 Å². The van der Waals surface area contributed by atoms with Gasteiger partial charge in [-0.05, 0) is 36.6 Å². The average molecular weight is 350 g/mol. The molecule has 1 unspecified atom stereocenters. The number of nitrogens with two attached hydrogens (primary N) is 1. The Labute approximate surface area is 140 Å². The number of nitrogens with zero attached hydrogens (tertiary/aromatic N) is 2. The number of carbonyl (C=O) groups excluding carboxylic acids is 1. The molecule has 0 aliphatic rings. The predicted octanol–water partition coefficient (Wildman–Crippen LogP) is 3.95. The summed E-state index contributed by atoms with van der Waals surface area (Å²) in [4.78, 5) is 13.0. The van der Waals surface area contributed by atoms with Gasteiger partial charge in [-0.15, -0.1) is 21.5 Å². The van der Waals surface area contributed by atoms with E-state index in [0.717, 1.165) is 4.88 Å². The quantitative estimate of drug-likeness (QED) is 0.566. The third kappa shape index (κ3) is 3.35. The van der Waals surface area contributed by atoms with Crippen LogP contribution in [0.25, 0.3) is 10.8 Å². The fourth-order valence-electron chi connectivity index (χ4n) is 1.85. The van der Waals surface area contributed by atoms with Crippen molar-refractivity contribution < 1.29 is 13.9 Å². The molecule has 0 spiro atoms. The van der Waals surface area contributed by atoms with Crippen molar-refractivity contribution in [3.05, 3.63) is 52.2 Å². The van der Waals surface area contributed by atoms with Crippen molar-refractivity contribution in [1.29, 1.82) is 0 Å². The second-order valence-electron chi connectivity index (χ2n) is 4.71. The van der Waals surface area contributed by atoms with Gasteiger partial charge >= 0.3 is 5.97 Å². The van der Waals surface area contributed by atoms with E-state index in [1.165, 1.54) is 17.4 Å². The maximum atomic E-state index is 12.1. The van der Waals surface area contributed by atoms with E-state index in [4.69, 9.17) is 26.5 Å². The number of carbonyl (C=O) groups is 1. The molecular weight excluding hydrogens is 338 g/mol. The summed E-state index contributed by atoms with van der Waals surface area (Å²) in [6.45, 7) is 1.66. The molecule has 0 aliphatic carbocycles. The SMILES string of the molecule is CC(OC(=O)c1ccc(Cl)c(N)c1)c1nnc(-c2cccs2)o1. The second kappa shape index (κ2) is 6.39. The van der Waals surface area contributed by atoms with Gasteiger partial charge in [0.25, 0.3) is 11.8 Å². The van der Waals surface area contributed by atoms with E-state index in [9.17, 15) is 4.79 Å². The van der Waals surface area contributed by atoms with Crippen LogP contribution in [0.15, 0.2) is 40.1 Å². The standard InChI is InChI=1S/C15H12ClN3O3S/c1-8(13-18-19-14(22-13)12-3-2-6-23-12)21-15(20)9-4-5-10(16)11(17)7-9/h2-8H,17H2,1H3. The molecule has 0 amide bonds. The lowest BCUT2D eigenvalue weighted by Crippen LogP contribution is -2.10. The lowest BCUT2D eigenvalue weighted by Gasteiger charge is -2.10. The molecule has 2 aromatic heterocycles. The van der Waals surface area contributed by atoms with Crippen molar-refractivity contribution in [2.24, 2.45) is 0 Å². The fourth-order valence-corrected chi connectivity index (χ4v) is 2.61. The van der Waals surface area contributed by atoms with Crippen LogP contribution in [0, 0.1) is 0 Å². The predicted molar refractivity (Wildman–Crippen MR) is 87.3 cm³/mol. The molecule has 0 saturated carbocycles. The van der Waals surface area contributed by atoms with Gasteiger partial charge in [0.1, 0.15) is 0 Å². The largest absolute Gasteiger partial charge is 0.449 e. The summed E-state index contributed by atoms with van der Waals surface area (Å²) in [5.74, 6) is 0.0778. The van der Waals surface area contributed by atoms with Gasteiger partial charge in [-0.25, -0.2) is 4.79 Å². The summed E-state index contributed by atoms with van der Waals surface area (Å²) in [6.07, 6.45) is -0.680. The number of aromatic nitrogens is 2. The van der Waals surface area contributed by atoms with Gasteiger partial charge in [-0.1, -0.05) is 17.7 Å². The Kier molecular flexibility index (Phi) is 4.31. The molecule has 23 heavy (non-hydrogen) atoms. The van der Waals surface area contributed by atoms with Crippen molar-refractivity contribution in [1.82, 2.24) is 10.2 Å². The maximum Gasteiger partial charge on any atom is 0.338 e. The highest BCUT2D eigenvalue weighted by atomic mass is 35.5. The van der Waals surface area contributed by atoms with Crippen LogP contribution < -0.4 is 5.73 Å². The molecule has 3 aromatic rings. The number of nitrogen functional groups attached to an aromatic ring is 1. The molecule has 0 radical (unpaired) electrons. The van der Waals surface area contributed by atoms with Crippen molar-refractivity contribution >= 4 is 34.6 Å². The summed E-state index contributed by atoms with van der Waals surface area (Å²) in [6, 6.07) is 8.30. The highest BCUT2D eigenvalue weighted by molar-refractivity contribution is 7.13. The van der Waals surface area contributed by atoms with Crippen LogP contribution >= 0.6 is 22.9 Å². The number of hydrogen-bond acceptors (Lipinski definition) is 7. The molecule has 8 heteroatoms. The zero-order valence-corrected chi connectivity index (χ0v) is 13.6. The number of ether oxygens (including phenoxy) is 1. The van der Waals surface area contributed by atoms with E-state index in [2.05, 4.69) is 10.2 Å². The van der Waals surface area contributed by atoms with Crippen molar-refractivity contribution in [2.75, 3.05) is 5.73 Å². The topological polar surface area (TPSA) is 91.2 Å². The lowest BCUT2D eigenvalue weighted by atomic mass is 10.2. The number of rotatable bonds is 4. The molecule has 118 valence electrons. The minimum Gasteiger partial charge on any atom is -0.449 e. The zero-order valence-electron chi connectivity index (χ0n) is 12.0. The summed E-state index contributed by atoms with van der Waals surface area (Å²) in [5, 5.41) is 10.2. The van der Waals surface area contributed by atoms with Gasteiger partial charge < -0.3 is 14.9 Å². The summed E-state index contributed by atoms with van der Waals surface area (Å²) in [5.41, 5.74) is 6.29. The molecule has 1 atom stereocenters. The molecule has 3 rings (SSSR count). The van der Waals surface area contributed by atoms with E-state index in [1.54, 1.807) is 19.1 Å². The molecule has 0 bridgehead atoms. The summed E-state index contributed by atoms with van der Waals surface area (Å²) in [7, 11) is 0. The van der Waals surface area contributed by atoms with Crippen LogP contribution in [-0.2, 0) is 4.74 Å². The molecule has 1 aromatic carbocycles. The first-order chi connectivity index (χ1) is 11.0. The molecule has 2 heterocycles. The number of thiophene rings is 1. The van der Waals surface area contributed by atoms with E-state index in [1.807, 2.05) is 17.5 Å². The van der Waals surface area contributed by atoms with E-state index >= 15 is 0 Å². The van der Waals surface area contributed by atoms with Gasteiger partial charge in [0.15, 0.2) is 6.10 Å². The van der Waals surface area contributed by atoms with Crippen LogP contribution in [0.3, 0.4) is 0 Å². The molecule has 6 nitrogen and oxygen atoms in total. The van der Waals surface area contributed by atoms with Crippen molar-refractivity contribution in [2.45, 2.75) is 13.0 Å². The summed E-state index contributed by atoms with van der Waals surface area (Å²) >= 11 is 7.31. The van der Waals surface area contributed by atoms with Crippen LogP contribution in [0.1, 0.15) is 29.3 Å². The van der Waals surface area contributed by atoms with E-state index in [0.29, 0.717) is 22.2 Å². The van der Waals surface area contributed by atoms with Gasteiger partial charge in [-0.2, -0.15) is 0 Å². The minimum atomic E-state index is -0.680. The number of esters is 1. The number of anilines is 1. The minimum absolute atomic E-state index is 0.226. The lowest BCUT2D eigenvalue weighted by molar-refractivity contribution is 0.0280. The van der Waals surface area contributed by atoms with Crippen LogP contribution in [0.5, 0.6) is 0 Å². The van der Waals surface area contributed by atoms with E-state index in [-0.39, 0.29) is 5.89 Å². The Morgan fingerprint density at radius 3 is 2.91 bits per heavy atom. The molecule has 0 fully saturated rings. The number of benzene rings is 1. The van der Waals surface area contributed by atoms with E-state index < -0.39 is 12.1 Å². The third-order valence-electron chi connectivity index (χ3n) is 3.04. The first-order valence-corrected chi connectivity index (χ1v) is 7.93. The van der Waals surface area contributed by atoms with Gasteiger partial charge in [0.2, 0.25) is 0 Å². The smallest absolute Gasteiger partial charge is 0.338 e. The Morgan fingerprint density at radius 1 is 1.39 bits per heavy atom. The van der Waals surface area contributed by atoms with Crippen LogP contribution in [0.2, 0.25) is 5.02 Å². The van der Waals surface area contributed by atoms with Gasteiger partial charge in [-0.3, -0.25) is 0 Å². The third-order valence-corrected chi connectivity index (χ3v) is 4.24. The van der Waals surface area contributed by atoms with Crippen molar-refractivity contribution in [3.63, 3.8) is 0 Å². The summed E-state index contributed by atoms with van der Waals surface area (Å²) < 4.78 is 10.9. The first kappa shape index (κ1) is 15.5. The molecule has 0 aliphatic heterocycles. The normalized spacial score (nSPS) is 12.1. The monoisotopic (exact) mass is 349 g/mol. The van der Waals surface area contributed by atoms with Crippen molar-refractivity contribution in [3.8, 4) is 10.8 Å². The fraction of sp³-hybridized carbons (Fsp3) is 0.133. The number of hydrogen-bond donors (Lipinski definition) is 1. The Balaban J connectivity index is 1.72.